The molecule has 2 aromatic rings. The molecule has 0 aliphatic carbocycles. The van der Waals surface area contributed by atoms with E-state index >= 15 is 0 Å². The molecule has 1 fully saturated rings. The van der Waals surface area contributed by atoms with Crippen LogP contribution in [-0.4, -0.2) is 38.7 Å². The van der Waals surface area contributed by atoms with Crippen LogP contribution >= 0.6 is 0 Å². The summed E-state index contributed by atoms with van der Waals surface area (Å²) in [6.07, 6.45) is 0. The van der Waals surface area contributed by atoms with Crippen molar-refractivity contribution in [1.29, 1.82) is 0 Å². The number of morpholine rings is 1. The molecule has 0 saturated carbocycles. The number of methoxy groups -OCH3 is 1. The van der Waals surface area contributed by atoms with E-state index in [4.69, 9.17) is 9.47 Å². The highest BCUT2D eigenvalue weighted by atomic mass is 16.5. The Balaban J connectivity index is 1.71. The summed E-state index contributed by atoms with van der Waals surface area (Å²) in [6.45, 7) is 5.24. The van der Waals surface area contributed by atoms with Gasteiger partial charge in [0.15, 0.2) is 0 Å². The lowest BCUT2D eigenvalue weighted by Crippen LogP contribution is -2.41. The fraction of sp³-hybridized carbons (Fsp3) is 0.364. The maximum atomic E-state index is 12.9. The quantitative estimate of drug-likeness (QED) is 0.831. The zero-order chi connectivity index (χ0) is 20.1. The van der Waals surface area contributed by atoms with Crippen LogP contribution in [0.4, 0.5) is 11.4 Å². The molecule has 2 amide bonds. The Bertz CT molecular complexity index is 815. The molecule has 6 heteroatoms. The first kappa shape index (κ1) is 19.9. The van der Waals surface area contributed by atoms with E-state index in [-0.39, 0.29) is 30.3 Å². The normalized spacial score (nSPS) is 15.4. The maximum absolute atomic E-state index is 12.9. The highest BCUT2D eigenvalue weighted by molar-refractivity contribution is 5.97. The molecule has 0 bridgehead atoms. The van der Waals surface area contributed by atoms with Crippen LogP contribution in [-0.2, 0) is 14.3 Å². The van der Waals surface area contributed by atoms with Crippen LogP contribution in [0, 0.1) is 5.92 Å². The molecule has 1 heterocycles. The molecule has 1 atom stereocenters. The van der Waals surface area contributed by atoms with Gasteiger partial charge in [0.2, 0.25) is 5.91 Å². The van der Waals surface area contributed by atoms with E-state index in [0.29, 0.717) is 18.8 Å². The minimum absolute atomic E-state index is 0.0533. The largest absolute Gasteiger partial charge is 0.497 e. The Hall–Kier alpha value is -2.86. The van der Waals surface area contributed by atoms with Crippen molar-refractivity contribution in [3.63, 3.8) is 0 Å². The topological polar surface area (TPSA) is 67.9 Å². The van der Waals surface area contributed by atoms with Gasteiger partial charge in [-0.3, -0.25) is 9.59 Å². The molecule has 1 aliphatic rings. The third kappa shape index (κ3) is 4.51. The Labute approximate surface area is 165 Å². The van der Waals surface area contributed by atoms with Gasteiger partial charge in [0, 0.05) is 17.9 Å². The first-order valence-electron chi connectivity index (χ1n) is 9.42. The van der Waals surface area contributed by atoms with Gasteiger partial charge in [-0.05, 0) is 47.9 Å². The smallest absolute Gasteiger partial charge is 0.253 e. The molecule has 0 aromatic heterocycles. The lowest BCUT2D eigenvalue weighted by molar-refractivity contribution is -0.125. The molecule has 1 unspecified atom stereocenters. The molecule has 1 saturated heterocycles. The summed E-state index contributed by atoms with van der Waals surface area (Å²) in [5, 5.41) is 2.99. The zero-order valence-electron chi connectivity index (χ0n) is 16.5. The molecule has 1 N–H and O–H groups in total. The average Bonchev–Trinajstić information content (AvgIpc) is 2.69. The number of anilines is 2. The number of carbonyl (C=O) groups excluding carboxylic acids is 2. The predicted octanol–water partition coefficient (Wildman–Crippen LogP) is 3.44. The van der Waals surface area contributed by atoms with Crippen molar-refractivity contribution in [2.45, 2.75) is 19.8 Å². The van der Waals surface area contributed by atoms with E-state index in [0.717, 1.165) is 17.0 Å². The summed E-state index contributed by atoms with van der Waals surface area (Å²) in [5.41, 5.74) is 2.46. The van der Waals surface area contributed by atoms with E-state index in [1.807, 2.05) is 62.4 Å². The van der Waals surface area contributed by atoms with Crippen molar-refractivity contribution >= 4 is 23.2 Å². The van der Waals surface area contributed by atoms with Gasteiger partial charge in [0.05, 0.1) is 19.6 Å². The number of hydrogen-bond acceptors (Lipinski definition) is 4. The minimum atomic E-state index is -0.272. The van der Waals surface area contributed by atoms with E-state index in [1.165, 1.54) is 0 Å². The molecule has 1 aliphatic heterocycles. The van der Waals surface area contributed by atoms with Gasteiger partial charge < -0.3 is 19.7 Å². The summed E-state index contributed by atoms with van der Waals surface area (Å²) in [4.78, 5) is 26.6. The molecule has 0 radical (unpaired) electrons. The maximum Gasteiger partial charge on any atom is 0.253 e. The summed E-state index contributed by atoms with van der Waals surface area (Å²) in [5.74, 6) is 0.516. The van der Waals surface area contributed by atoms with Crippen molar-refractivity contribution in [1.82, 2.24) is 0 Å². The highest BCUT2D eigenvalue weighted by Crippen LogP contribution is 2.28. The van der Waals surface area contributed by atoms with Gasteiger partial charge in [0.1, 0.15) is 12.4 Å². The average molecular weight is 382 g/mol. The minimum Gasteiger partial charge on any atom is -0.497 e. The van der Waals surface area contributed by atoms with Gasteiger partial charge in [-0.25, -0.2) is 0 Å². The van der Waals surface area contributed by atoms with Crippen LogP contribution in [0.5, 0.6) is 5.75 Å². The molecular formula is C22H26N2O4. The highest BCUT2D eigenvalue weighted by Gasteiger charge is 2.25. The summed E-state index contributed by atoms with van der Waals surface area (Å²) >= 11 is 0. The fourth-order valence-corrected chi connectivity index (χ4v) is 3.39. The van der Waals surface area contributed by atoms with Crippen molar-refractivity contribution in [2.75, 3.05) is 37.1 Å². The Morgan fingerprint density at radius 3 is 2.36 bits per heavy atom. The zero-order valence-corrected chi connectivity index (χ0v) is 16.5. The van der Waals surface area contributed by atoms with Crippen LogP contribution in [0.1, 0.15) is 25.3 Å². The third-order valence-corrected chi connectivity index (χ3v) is 4.86. The molecule has 0 spiro atoms. The number of hydrogen-bond donors (Lipinski definition) is 1. The summed E-state index contributed by atoms with van der Waals surface area (Å²) in [7, 11) is 1.62. The summed E-state index contributed by atoms with van der Waals surface area (Å²) in [6, 6.07) is 14.9. The number of rotatable bonds is 6. The van der Waals surface area contributed by atoms with Gasteiger partial charge in [-0.1, -0.05) is 26.0 Å². The predicted molar refractivity (Wildman–Crippen MR) is 109 cm³/mol. The van der Waals surface area contributed by atoms with E-state index in [2.05, 4.69) is 5.32 Å². The molecule has 3 rings (SSSR count). The first-order valence-corrected chi connectivity index (χ1v) is 9.42. The molecule has 28 heavy (non-hydrogen) atoms. The standard InChI is InChI=1S/C22H26N2O4/c1-15(2)21(16-4-10-19(27-3)11-5-16)22(26)23-17-6-8-18(9-7-17)24-12-13-28-14-20(24)25/h4-11,15,21H,12-14H2,1-3H3,(H,23,26). The van der Waals surface area contributed by atoms with Crippen LogP contribution < -0.4 is 15.0 Å². The Kier molecular flexibility index (Phi) is 6.31. The van der Waals surface area contributed by atoms with Gasteiger partial charge in [-0.2, -0.15) is 0 Å². The molecular weight excluding hydrogens is 356 g/mol. The second-order valence-corrected chi connectivity index (χ2v) is 7.13. The van der Waals surface area contributed by atoms with Crippen molar-refractivity contribution < 1.29 is 19.1 Å². The number of carbonyl (C=O) groups is 2. The third-order valence-electron chi connectivity index (χ3n) is 4.86. The fourth-order valence-electron chi connectivity index (χ4n) is 3.39. The lowest BCUT2D eigenvalue weighted by atomic mass is 9.87. The SMILES string of the molecule is COc1ccc(C(C(=O)Nc2ccc(N3CCOCC3=O)cc2)C(C)C)cc1. The molecule has 6 nitrogen and oxygen atoms in total. The van der Waals surface area contributed by atoms with Gasteiger partial charge in [-0.15, -0.1) is 0 Å². The Morgan fingerprint density at radius 1 is 1.11 bits per heavy atom. The van der Waals surface area contributed by atoms with Crippen LogP contribution in [0.15, 0.2) is 48.5 Å². The molecule has 148 valence electrons. The van der Waals surface area contributed by atoms with Crippen molar-refractivity contribution in [3.05, 3.63) is 54.1 Å². The van der Waals surface area contributed by atoms with E-state index < -0.39 is 0 Å². The second kappa shape index (κ2) is 8.89. The van der Waals surface area contributed by atoms with Gasteiger partial charge >= 0.3 is 0 Å². The number of nitrogens with one attached hydrogen (secondary N) is 1. The second-order valence-electron chi connectivity index (χ2n) is 7.13. The summed E-state index contributed by atoms with van der Waals surface area (Å²) < 4.78 is 10.4. The number of nitrogens with zero attached hydrogens (tertiary/aromatic N) is 1. The van der Waals surface area contributed by atoms with Gasteiger partial charge in [0.25, 0.3) is 5.91 Å². The van der Waals surface area contributed by atoms with Crippen LogP contribution in [0.3, 0.4) is 0 Å². The van der Waals surface area contributed by atoms with E-state index in [1.54, 1.807) is 12.0 Å². The van der Waals surface area contributed by atoms with Crippen LogP contribution in [0.2, 0.25) is 0 Å². The van der Waals surface area contributed by atoms with Crippen molar-refractivity contribution in [3.8, 4) is 5.75 Å². The number of benzene rings is 2. The Morgan fingerprint density at radius 2 is 1.79 bits per heavy atom. The first-order chi connectivity index (χ1) is 13.5. The molecule has 2 aromatic carbocycles. The lowest BCUT2D eigenvalue weighted by Gasteiger charge is -2.27. The van der Waals surface area contributed by atoms with E-state index in [9.17, 15) is 9.59 Å². The van der Waals surface area contributed by atoms with Crippen LogP contribution in [0.25, 0.3) is 0 Å². The monoisotopic (exact) mass is 382 g/mol. The number of ether oxygens (including phenoxy) is 2. The number of amides is 2. The van der Waals surface area contributed by atoms with Crippen molar-refractivity contribution in [2.24, 2.45) is 5.92 Å².